The van der Waals surface area contributed by atoms with E-state index in [0.717, 1.165) is 18.0 Å². The summed E-state index contributed by atoms with van der Waals surface area (Å²) in [7, 11) is 0. The summed E-state index contributed by atoms with van der Waals surface area (Å²) in [6.45, 7) is 12.7. The molecule has 1 N–H and O–H groups in total. The van der Waals surface area contributed by atoms with Gasteiger partial charge in [-0.1, -0.05) is 47.0 Å². The standard InChI is InChI=1S/C17H34N2.C2H6/c1-3-8-16-9-5-7-13-19(16)14-11-15(2)17-10-4-6-12-18-17;1-2/h15-18H,3-14H2,1-2H3;1-2H3/t15?,16-,17+;/m1./s1. The molecule has 0 aromatic heterocycles. The van der Waals surface area contributed by atoms with E-state index < -0.39 is 0 Å². The van der Waals surface area contributed by atoms with Gasteiger partial charge in [-0.15, -0.1) is 0 Å². The topological polar surface area (TPSA) is 15.3 Å². The molecule has 0 saturated carbocycles. The van der Waals surface area contributed by atoms with Crippen molar-refractivity contribution >= 4 is 0 Å². The van der Waals surface area contributed by atoms with Gasteiger partial charge in [0.05, 0.1) is 0 Å². The molecule has 2 heteroatoms. The number of nitrogens with zero attached hydrogens (tertiary/aromatic N) is 1. The van der Waals surface area contributed by atoms with E-state index in [1.54, 1.807) is 0 Å². The summed E-state index contributed by atoms with van der Waals surface area (Å²) in [6, 6.07) is 1.69. The van der Waals surface area contributed by atoms with Gasteiger partial charge >= 0.3 is 0 Å². The Kier molecular flexibility index (Phi) is 10.4. The molecule has 2 nitrogen and oxygen atoms in total. The summed E-state index contributed by atoms with van der Waals surface area (Å²) in [5, 5.41) is 3.72. The zero-order chi connectivity index (χ0) is 15.5. The predicted molar refractivity (Wildman–Crippen MR) is 94.9 cm³/mol. The fourth-order valence-electron chi connectivity index (χ4n) is 3.95. The van der Waals surface area contributed by atoms with E-state index in [9.17, 15) is 0 Å². The molecule has 2 heterocycles. The Hall–Kier alpha value is -0.0800. The summed E-state index contributed by atoms with van der Waals surface area (Å²) >= 11 is 0. The zero-order valence-corrected chi connectivity index (χ0v) is 15.2. The average Bonchev–Trinajstić information content (AvgIpc) is 2.57. The van der Waals surface area contributed by atoms with Crippen LogP contribution in [0.15, 0.2) is 0 Å². The summed E-state index contributed by atoms with van der Waals surface area (Å²) < 4.78 is 0. The molecule has 3 atom stereocenters. The summed E-state index contributed by atoms with van der Waals surface area (Å²) in [5.41, 5.74) is 0. The summed E-state index contributed by atoms with van der Waals surface area (Å²) in [5.74, 6) is 0.851. The maximum atomic E-state index is 3.72. The molecule has 2 saturated heterocycles. The predicted octanol–water partition coefficient (Wildman–Crippen LogP) is 4.84. The van der Waals surface area contributed by atoms with Gasteiger partial charge in [0.15, 0.2) is 0 Å². The SMILES string of the molecule is CC.CCC[C@@H]1CCCCN1CCC(C)[C@@H]1CCCCN1. The second-order valence-electron chi connectivity index (χ2n) is 6.80. The van der Waals surface area contributed by atoms with Crippen LogP contribution >= 0.6 is 0 Å². The molecule has 126 valence electrons. The van der Waals surface area contributed by atoms with Crippen molar-refractivity contribution in [1.82, 2.24) is 10.2 Å². The van der Waals surface area contributed by atoms with Crippen LogP contribution in [0.4, 0.5) is 0 Å². The van der Waals surface area contributed by atoms with Gasteiger partial charge in [0.25, 0.3) is 0 Å². The Morgan fingerprint density at radius 2 is 1.86 bits per heavy atom. The number of hydrogen-bond acceptors (Lipinski definition) is 2. The van der Waals surface area contributed by atoms with E-state index in [0.29, 0.717) is 0 Å². The molecule has 21 heavy (non-hydrogen) atoms. The first-order valence-electron chi connectivity index (χ1n) is 9.78. The number of piperidine rings is 2. The molecule has 2 aliphatic heterocycles. The van der Waals surface area contributed by atoms with E-state index in [-0.39, 0.29) is 0 Å². The minimum absolute atomic E-state index is 0.795. The number of hydrogen-bond donors (Lipinski definition) is 1. The Morgan fingerprint density at radius 1 is 1.10 bits per heavy atom. The lowest BCUT2D eigenvalue weighted by Crippen LogP contribution is -2.43. The Labute approximate surface area is 134 Å². The van der Waals surface area contributed by atoms with Crippen LogP contribution in [-0.2, 0) is 0 Å². The van der Waals surface area contributed by atoms with Gasteiger partial charge in [0.1, 0.15) is 0 Å². The molecule has 0 aliphatic carbocycles. The molecule has 0 aromatic rings. The highest BCUT2D eigenvalue weighted by atomic mass is 15.2. The van der Waals surface area contributed by atoms with Crippen molar-refractivity contribution in [2.24, 2.45) is 5.92 Å². The molecular weight excluding hydrogens is 256 g/mol. The Bertz CT molecular complexity index is 234. The van der Waals surface area contributed by atoms with Crippen LogP contribution in [0.3, 0.4) is 0 Å². The second-order valence-corrected chi connectivity index (χ2v) is 6.80. The minimum atomic E-state index is 0.795. The molecular formula is C19H40N2. The monoisotopic (exact) mass is 296 g/mol. The van der Waals surface area contributed by atoms with E-state index in [1.807, 2.05) is 13.8 Å². The van der Waals surface area contributed by atoms with Crippen molar-refractivity contribution in [1.29, 1.82) is 0 Å². The smallest absolute Gasteiger partial charge is 0.00951 e. The van der Waals surface area contributed by atoms with Crippen molar-refractivity contribution in [2.45, 2.75) is 97.6 Å². The van der Waals surface area contributed by atoms with Crippen LogP contribution < -0.4 is 5.32 Å². The maximum absolute atomic E-state index is 3.72. The lowest BCUT2D eigenvalue weighted by Gasteiger charge is -2.37. The highest BCUT2D eigenvalue weighted by Gasteiger charge is 2.24. The summed E-state index contributed by atoms with van der Waals surface area (Å²) in [6.07, 6.45) is 12.7. The minimum Gasteiger partial charge on any atom is -0.314 e. The van der Waals surface area contributed by atoms with E-state index in [4.69, 9.17) is 0 Å². The van der Waals surface area contributed by atoms with Gasteiger partial charge in [-0.3, -0.25) is 0 Å². The van der Waals surface area contributed by atoms with Crippen LogP contribution in [-0.4, -0.2) is 36.6 Å². The fraction of sp³-hybridized carbons (Fsp3) is 1.00. The van der Waals surface area contributed by atoms with Crippen LogP contribution in [0.1, 0.15) is 85.5 Å². The van der Waals surface area contributed by atoms with E-state index in [1.165, 1.54) is 77.4 Å². The third-order valence-corrected chi connectivity index (χ3v) is 5.28. The molecule has 2 aliphatic rings. The van der Waals surface area contributed by atoms with Gasteiger partial charge in [-0.25, -0.2) is 0 Å². The maximum Gasteiger partial charge on any atom is 0.00951 e. The van der Waals surface area contributed by atoms with E-state index >= 15 is 0 Å². The van der Waals surface area contributed by atoms with Crippen LogP contribution in [0.5, 0.6) is 0 Å². The van der Waals surface area contributed by atoms with Crippen molar-refractivity contribution < 1.29 is 0 Å². The lowest BCUT2D eigenvalue weighted by molar-refractivity contribution is 0.126. The highest BCUT2D eigenvalue weighted by Crippen LogP contribution is 2.23. The quantitative estimate of drug-likeness (QED) is 0.755. The normalized spacial score (nSPS) is 28.6. The first kappa shape index (κ1) is 19.0. The van der Waals surface area contributed by atoms with Crippen LogP contribution in [0.25, 0.3) is 0 Å². The highest BCUT2D eigenvalue weighted by molar-refractivity contribution is 4.81. The molecule has 0 spiro atoms. The summed E-state index contributed by atoms with van der Waals surface area (Å²) in [4.78, 5) is 2.80. The molecule has 2 rings (SSSR count). The molecule has 0 amide bonds. The van der Waals surface area contributed by atoms with Crippen molar-refractivity contribution in [3.8, 4) is 0 Å². The number of rotatable bonds is 6. The second kappa shape index (κ2) is 11.5. The largest absolute Gasteiger partial charge is 0.314 e. The Balaban J connectivity index is 0.00000106. The lowest BCUT2D eigenvalue weighted by atomic mass is 9.90. The first-order chi connectivity index (χ1) is 10.3. The van der Waals surface area contributed by atoms with Crippen molar-refractivity contribution in [3.05, 3.63) is 0 Å². The van der Waals surface area contributed by atoms with Gasteiger partial charge in [0.2, 0.25) is 0 Å². The van der Waals surface area contributed by atoms with Crippen LogP contribution in [0.2, 0.25) is 0 Å². The van der Waals surface area contributed by atoms with Crippen molar-refractivity contribution in [2.75, 3.05) is 19.6 Å². The number of likely N-dealkylation sites (tertiary alicyclic amines) is 1. The molecule has 1 unspecified atom stereocenters. The molecule has 2 fully saturated rings. The van der Waals surface area contributed by atoms with Gasteiger partial charge < -0.3 is 10.2 Å². The first-order valence-corrected chi connectivity index (χ1v) is 9.78. The molecule has 0 radical (unpaired) electrons. The van der Waals surface area contributed by atoms with Crippen LogP contribution in [0, 0.1) is 5.92 Å². The van der Waals surface area contributed by atoms with E-state index in [2.05, 4.69) is 24.1 Å². The average molecular weight is 297 g/mol. The molecule has 0 bridgehead atoms. The number of nitrogens with one attached hydrogen (secondary N) is 1. The fourth-order valence-corrected chi connectivity index (χ4v) is 3.95. The molecule has 0 aromatic carbocycles. The third kappa shape index (κ3) is 6.69. The van der Waals surface area contributed by atoms with Gasteiger partial charge in [0, 0.05) is 12.1 Å². The van der Waals surface area contributed by atoms with Gasteiger partial charge in [-0.05, 0) is 64.1 Å². The third-order valence-electron chi connectivity index (χ3n) is 5.28. The zero-order valence-electron chi connectivity index (χ0n) is 15.2. The van der Waals surface area contributed by atoms with Gasteiger partial charge in [-0.2, -0.15) is 0 Å². The van der Waals surface area contributed by atoms with Crippen molar-refractivity contribution in [3.63, 3.8) is 0 Å². The Morgan fingerprint density at radius 3 is 2.52 bits per heavy atom.